The highest BCUT2D eigenvalue weighted by Crippen LogP contribution is 2.29. The molecule has 0 aliphatic heterocycles. The fraction of sp³-hybridized carbons (Fsp3) is 0.294. The highest BCUT2D eigenvalue weighted by atomic mass is 35.5. The van der Waals surface area contributed by atoms with Crippen molar-refractivity contribution in [2.75, 3.05) is 14.2 Å². The molecule has 2 aromatic rings. The van der Waals surface area contributed by atoms with Gasteiger partial charge in [0.05, 0.1) is 7.11 Å². The van der Waals surface area contributed by atoms with Gasteiger partial charge in [0.2, 0.25) is 0 Å². The van der Waals surface area contributed by atoms with E-state index in [1.54, 1.807) is 7.11 Å². The number of aryl methyl sites for hydroxylation is 1. The van der Waals surface area contributed by atoms with Crippen molar-refractivity contribution in [1.29, 1.82) is 0 Å². The first kappa shape index (κ1) is 14.9. The topological polar surface area (TPSA) is 21.3 Å². The number of hydrogen-bond acceptors (Lipinski definition) is 2. The first-order valence-corrected chi connectivity index (χ1v) is 7.08. The van der Waals surface area contributed by atoms with E-state index in [2.05, 4.69) is 36.5 Å². The predicted molar refractivity (Wildman–Crippen MR) is 84.7 cm³/mol. The molecule has 2 aromatic carbocycles. The third-order valence-corrected chi connectivity index (χ3v) is 3.78. The molecule has 20 heavy (non-hydrogen) atoms. The van der Waals surface area contributed by atoms with Crippen molar-refractivity contribution in [2.45, 2.75) is 19.4 Å². The number of likely N-dealkylation sites (N-methyl/N-ethyl adjacent to an activating group) is 1. The lowest BCUT2D eigenvalue weighted by atomic mass is 9.98. The van der Waals surface area contributed by atoms with Crippen LogP contribution in [0.3, 0.4) is 0 Å². The number of hydrogen-bond donors (Lipinski definition) is 1. The van der Waals surface area contributed by atoms with Crippen LogP contribution in [0.5, 0.6) is 5.75 Å². The summed E-state index contributed by atoms with van der Waals surface area (Å²) in [5.74, 6) is 0.782. The predicted octanol–water partition coefficient (Wildman–Crippen LogP) is 4.16. The Labute approximate surface area is 125 Å². The molecule has 0 fully saturated rings. The molecule has 3 heteroatoms. The van der Waals surface area contributed by atoms with Gasteiger partial charge in [-0.1, -0.05) is 47.5 Å². The minimum Gasteiger partial charge on any atom is -0.497 e. The van der Waals surface area contributed by atoms with E-state index in [0.29, 0.717) is 0 Å². The molecule has 2 nitrogen and oxygen atoms in total. The van der Waals surface area contributed by atoms with E-state index >= 15 is 0 Å². The molecule has 0 aliphatic rings. The van der Waals surface area contributed by atoms with Crippen LogP contribution in [-0.4, -0.2) is 14.2 Å². The van der Waals surface area contributed by atoms with Gasteiger partial charge in [-0.15, -0.1) is 0 Å². The van der Waals surface area contributed by atoms with Gasteiger partial charge in [-0.25, -0.2) is 0 Å². The fourth-order valence-corrected chi connectivity index (χ4v) is 2.66. The zero-order chi connectivity index (χ0) is 14.5. The van der Waals surface area contributed by atoms with Crippen molar-refractivity contribution in [3.8, 4) is 5.75 Å². The molecular weight excluding hydrogens is 270 g/mol. The van der Waals surface area contributed by atoms with Crippen molar-refractivity contribution in [1.82, 2.24) is 5.32 Å². The zero-order valence-electron chi connectivity index (χ0n) is 12.1. The Morgan fingerprint density at radius 3 is 2.60 bits per heavy atom. The molecule has 1 atom stereocenters. The first-order valence-electron chi connectivity index (χ1n) is 6.70. The summed E-state index contributed by atoms with van der Waals surface area (Å²) in [5, 5.41) is 4.07. The Morgan fingerprint density at radius 1 is 1.20 bits per heavy atom. The maximum Gasteiger partial charge on any atom is 0.120 e. The van der Waals surface area contributed by atoms with E-state index in [-0.39, 0.29) is 6.04 Å². The van der Waals surface area contributed by atoms with Gasteiger partial charge in [0, 0.05) is 11.1 Å². The van der Waals surface area contributed by atoms with Gasteiger partial charge in [0.15, 0.2) is 0 Å². The van der Waals surface area contributed by atoms with Gasteiger partial charge >= 0.3 is 0 Å². The highest BCUT2D eigenvalue weighted by Gasteiger charge is 2.14. The lowest BCUT2D eigenvalue weighted by molar-refractivity contribution is 0.414. The van der Waals surface area contributed by atoms with E-state index in [4.69, 9.17) is 16.3 Å². The van der Waals surface area contributed by atoms with E-state index in [9.17, 15) is 0 Å². The molecule has 0 aromatic heterocycles. The van der Waals surface area contributed by atoms with Crippen LogP contribution in [0.15, 0.2) is 42.5 Å². The summed E-state index contributed by atoms with van der Waals surface area (Å²) >= 11 is 6.36. The summed E-state index contributed by atoms with van der Waals surface area (Å²) in [6.45, 7) is 2.11. The summed E-state index contributed by atoms with van der Waals surface area (Å²) in [6.07, 6.45) is 0.907. The van der Waals surface area contributed by atoms with Crippen LogP contribution in [0.1, 0.15) is 22.7 Å². The third-order valence-electron chi connectivity index (χ3n) is 3.45. The summed E-state index contributed by atoms with van der Waals surface area (Å²) in [7, 11) is 3.61. The van der Waals surface area contributed by atoms with Crippen molar-refractivity contribution >= 4 is 11.6 Å². The first-order chi connectivity index (χ1) is 9.63. The maximum absolute atomic E-state index is 6.36. The Balaban J connectivity index is 2.24. The van der Waals surface area contributed by atoms with Gasteiger partial charge < -0.3 is 10.1 Å². The molecule has 0 saturated carbocycles. The third kappa shape index (κ3) is 3.53. The van der Waals surface area contributed by atoms with Gasteiger partial charge in [-0.3, -0.25) is 0 Å². The second kappa shape index (κ2) is 6.78. The number of methoxy groups -OCH3 is 1. The molecule has 0 radical (unpaired) electrons. The summed E-state index contributed by atoms with van der Waals surface area (Å²) < 4.78 is 5.19. The van der Waals surface area contributed by atoms with E-state index < -0.39 is 0 Å². The van der Waals surface area contributed by atoms with Crippen LogP contribution in [0.25, 0.3) is 0 Å². The Kier molecular flexibility index (Phi) is 5.05. The Bertz CT molecular complexity index is 583. The highest BCUT2D eigenvalue weighted by molar-refractivity contribution is 6.31. The van der Waals surface area contributed by atoms with Crippen molar-refractivity contribution in [3.63, 3.8) is 0 Å². The average Bonchev–Trinajstić information content (AvgIpc) is 2.45. The van der Waals surface area contributed by atoms with Crippen LogP contribution in [0, 0.1) is 6.92 Å². The molecule has 0 spiro atoms. The molecule has 0 amide bonds. The maximum atomic E-state index is 6.36. The number of halogens is 1. The summed E-state index contributed by atoms with van der Waals surface area (Å²) in [4.78, 5) is 0. The minimum atomic E-state index is 0.190. The molecule has 106 valence electrons. The lowest BCUT2D eigenvalue weighted by Crippen LogP contribution is -2.19. The van der Waals surface area contributed by atoms with Crippen molar-refractivity contribution in [2.24, 2.45) is 0 Å². The lowest BCUT2D eigenvalue weighted by Gasteiger charge is -2.19. The summed E-state index contributed by atoms with van der Waals surface area (Å²) in [5.41, 5.74) is 3.67. The van der Waals surface area contributed by atoms with Crippen LogP contribution >= 0.6 is 11.6 Å². The standard InChI is InChI=1S/C17H20ClNO/c1-12-5-4-6-13(9-12)10-17(19-2)15-8-7-14(20-3)11-16(15)18/h4-9,11,17,19H,10H2,1-3H3. The minimum absolute atomic E-state index is 0.190. The second-order valence-electron chi connectivity index (χ2n) is 4.92. The molecule has 0 aliphatic carbocycles. The van der Waals surface area contributed by atoms with Crippen LogP contribution in [-0.2, 0) is 6.42 Å². The quantitative estimate of drug-likeness (QED) is 0.892. The molecule has 0 saturated heterocycles. The second-order valence-corrected chi connectivity index (χ2v) is 5.33. The van der Waals surface area contributed by atoms with Crippen LogP contribution < -0.4 is 10.1 Å². The number of benzene rings is 2. The smallest absolute Gasteiger partial charge is 0.120 e. The monoisotopic (exact) mass is 289 g/mol. The van der Waals surface area contributed by atoms with Gasteiger partial charge in [0.1, 0.15) is 5.75 Å². The van der Waals surface area contributed by atoms with Gasteiger partial charge in [-0.05, 0) is 43.7 Å². The van der Waals surface area contributed by atoms with E-state index in [1.807, 2.05) is 25.2 Å². The van der Waals surface area contributed by atoms with Crippen LogP contribution in [0.4, 0.5) is 0 Å². The SMILES string of the molecule is CNC(Cc1cccc(C)c1)c1ccc(OC)cc1Cl. The zero-order valence-corrected chi connectivity index (χ0v) is 12.9. The average molecular weight is 290 g/mol. The van der Waals surface area contributed by atoms with Gasteiger partial charge in [0.25, 0.3) is 0 Å². The number of ether oxygens (including phenoxy) is 1. The van der Waals surface area contributed by atoms with Crippen molar-refractivity contribution in [3.05, 3.63) is 64.2 Å². The van der Waals surface area contributed by atoms with Crippen molar-refractivity contribution < 1.29 is 4.74 Å². The number of nitrogens with one attached hydrogen (secondary N) is 1. The fourth-order valence-electron chi connectivity index (χ4n) is 2.36. The molecule has 0 heterocycles. The molecule has 1 N–H and O–H groups in total. The Morgan fingerprint density at radius 2 is 2.00 bits per heavy atom. The van der Waals surface area contributed by atoms with Gasteiger partial charge in [-0.2, -0.15) is 0 Å². The van der Waals surface area contributed by atoms with E-state index in [0.717, 1.165) is 22.8 Å². The summed E-state index contributed by atoms with van der Waals surface area (Å²) in [6, 6.07) is 14.6. The number of rotatable bonds is 5. The molecular formula is C17H20ClNO. The molecule has 0 bridgehead atoms. The molecule has 1 unspecified atom stereocenters. The molecule has 2 rings (SSSR count). The normalized spacial score (nSPS) is 12.2. The van der Waals surface area contributed by atoms with E-state index in [1.165, 1.54) is 11.1 Å². The Hall–Kier alpha value is -1.51. The van der Waals surface area contributed by atoms with Crippen LogP contribution in [0.2, 0.25) is 5.02 Å². The largest absolute Gasteiger partial charge is 0.497 e.